The van der Waals surface area contributed by atoms with E-state index in [4.69, 9.17) is 21.4 Å². The Morgan fingerprint density at radius 1 is 1.53 bits per heavy atom. The van der Waals surface area contributed by atoms with Crippen LogP contribution in [0.5, 0.6) is 0 Å². The molecule has 0 aliphatic rings. The average Bonchev–Trinajstić information content (AvgIpc) is 2.12. The van der Waals surface area contributed by atoms with Gasteiger partial charge in [-0.05, 0) is 13.3 Å². The highest BCUT2D eigenvalue weighted by Crippen LogP contribution is 2.12. The van der Waals surface area contributed by atoms with Crippen molar-refractivity contribution in [3.63, 3.8) is 0 Å². The maximum absolute atomic E-state index is 11.0. The second-order valence-electron chi connectivity index (χ2n) is 3.23. The smallest absolute Gasteiger partial charge is 0.314 e. The molecule has 86 valence electrons. The summed E-state index contributed by atoms with van der Waals surface area (Å²) in [4.78, 5) is 21.5. The van der Waals surface area contributed by atoms with Crippen LogP contribution in [0.2, 0.25) is 0 Å². The summed E-state index contributed by atoms with van der Waals surface area (Å²) in [7, 11) is 0. The Hall–Kier alpha value is -0.870. The molecular weight excluding hydrogens is 220 g/mol. The molecule has 1 unspecified atom stereocenters. The number of carbonyl (C=O) groups is 2. The fourth-order valence-electron chi connectivity index (χ4n) is 0.843. The molecule has 0 spiro atoms. The van der Waals surface area contributed by atoms with Crippen LogP contribution in [0.1, 0.15) is 26.2 Å². The maximum atomic E-state index is 11.0. The first kappa shape index (κ1) is 14.1. The number of ether oxygens (including phenoxy) is 1. The van der Waals surface area contributed by atoms with E-state index in [0.717, 1.165) is 0 Å². The highest BCUT2D eigenvalue weighted by Gasteiger charge is 2.13. The minimum absolute atomic E-state index is 0.106. The first-order chi connectivity index (χ1) is 6.95. The van der Waals surface area contributed by atoms with Gasteiger partial charge in [0, 0.05) is 6.42 Å². The van der Waals surface area contributed by atoms with E-state index in [1.807, 2.05) is 0 Å². The van der Waals surface area contributed by atoms with Crippen LogP contribution in [-0.4, -0.2) is 29.0 Å². The number of esters is 1. The molecule has 0 aliphatic heterocycles. The van der Waals surface area contributed by atoms with Crippen molar-refractivity contribution in [2.45, 2.75) is 31.7 Å². The van der Waals surface area contributed by atoms with Crippen molar-refractivity contribution in [2.24, 2.45) is 0 Å². The lowest BCUT2D eigenvalue weighted by molar-refractivity contribution is -0.147. The molecule has 0 aromatic heterocycles. The second-order valence-corrected chi connectivity index (χ2v) is 3.71. The highest BCUT2D eigenvalue weighted by atomic mass is 35.5. The molecule has 0 aromatic carbocycles. The van der Waals surface area contributed by atoms with E-state index < -0.39 is 11.5 Å². The predicted octanol–water partition coefficient (Wildman–Crippen LogP) is 1.40. The van der Waals surface area contributed by atoms with E-state index in [-0.39, 0.29) is 18.8 Å². The molecule has 0 aliphatic carbocycles. The number of rotatable bonds is 7. The molecule has 0 amide bonds. The zero-order valence-corrected chi connectivity index (χ0v) is 9.42. The number of aliphatic hydroxyl groups excluding tert-OH is 1. The van der Waals surface area contributed by atoms with Crippen LogP contribution in [0, 0.1) is 0 Å². The monoisotopic (exact) mass is 234 g/mol. The molecule has 0 aromatic rings. The van der Waals surface area contributed by atoms with Gasteiger partial charge in [-0.2, -0.15) is 0 Å². The van der Waals surface area contributed by atoms with Gasteiger partial charge in [0.25, 0.3) is 0 Å². The van der Waals surface area contributed by atoms with Crippen LogP contribution in [0.3, 0.4) is 0 Å². The van der Waals surface area contributed by atoms with Gasteiger partial charge in [0.05, 0.1) is 6.61 Å². The first-order valence-electron chi connectivity index (χ1n) is 4.56. The summed E-state index contributed by atoms with van der Waals surface area (Å²) >= 11 is 5.68. The number of hydrogen-bond acceptors (Lipinski definition) is 4. The Bertz CT molecular complexity index is 250. The molecule has 1 N–H and O–H groups in total. The lowest BCUT2D eigenvalue weighted by atomic mass is 10.2. The van der Waals surface area contributed by atoms with E-state index in [0.29, 0.717) is 18.4 Å². The molecule has 0 rings (SSSR count). The van der Waals surface area contributed by atoms with Gasteiger partial charge >= 0.3 is 5.97 Å². The fraction of sp³-hybridized carbons (Fsp3) is 0.600. The van der Waals surface area contributed by atoms with E-state index in [2.05, 4.69) is 6.58 Å². The zero-order chi connectivity index (χ0) is 11.8. The van der Waals surface area contributed by atoms with Crippen molar-refractivity contribution in [1.82, 2.24) is 0 Å². The largest absolute Gasteiger partial charge is 0.446 e. The van der Waals surface area contributed by atoms with Crippen molar-refractivity contribution in [1.29, 1.82) is 0 Å². The van der Waals surface area contributed by atoms with Crippen LogP contribution in [0.15, 0.2) is 12.2 Å². The molecule has 15 heavy (non-hydrogen) atoms. The van der Waals surface area contributed by atoms with Gasteiger partial charge in [0.2, 0.25) is 0 Å². The lowest BCUT2D eigenvalue weighted by Gasteiger charge is -2.10. The molecule has 0 heterocycles. The lowest BCUT2D eigenvalue weighted by Crippen LogP contribution is -2.15. The highest BCUT2D eigenvalue weighted by molar-refractivity contribution is 6.20. The van der Waals surface area contributed by atoms with Crippen LogP contribution >= 0.6 is 11.6 Å². The Kier molecular flexibility index (Phi) is 6.99. The predicted molar refractivity (Wildman–Crippen MR) is 56.5 cm³/mol. The van der Waals surface area contributed by atoms with E-state index >= 15 is 0 Å². The molecule has 5 heteroatoms. The Labute approximate surface area is 93.9 Å². The number of aliphatic hydroxyl groups is 1. The summed E-state index contributed by atoms with van der Waals surface area (Å²) in [6, 6.07) is 0. The number of ketones is 1. The molecule has 4 nitrogen and oxygen atoms in total. The van der Waals surface area contributed by atoms with Gasteiger partial charge in [-0.1, -0.05) is 23.8 Å². The first-order valence-corrected chi connectivity index (χ1v) is 4.99. The Balaban J connectivity index is 3.73. The van der Waals surface area contributed by atoms with Crippen molar-refractivity contribution >= 4 is 23.4 Å². The summed E-state index contributed by atoms with van der Waals surface area (Å²) < 4.78 is 4.74. The van der Waals surface area contributed by atoms with Crippen molar-refractivity contribution in [3.8, 4) is 0 Å². The molecule has 0 bridgehead atoms. The summed E-state index contributed by atoms with van der Waals surface area (Å²) in [5.41, 5.74) is -0.150. The van der Waals surface area contributed by atoms with Crippen LogP contribution in [0.25, 0.3) is 0 Å². The van der Waals surface area contributed by atoms with Crippen LogP contribution < -0.4 is 0 Å². The van der Waals surface area contributed by atoms with Gasteiger partial charge in [-0.15, -0.1) is 0 Å². The van der Waals surface area contributed by atoms with Gasteiger partial charge in [0.15, 0.2) is 5.56 Å². The van der Waals surface area contributed by atoms with Gasteiger partial charge in [-0.25, -0.2) is 0 Å². The average molecular weight is 235 g/mol. The number of carbonyl (C=O) groups excluding carboxylic acids is 2. The molecular formula is C10H15ClO4. The number of halogens is 1. The van der Waals surface area contributed by atoms with Gasteiger partial charge < -0.3 is 9.84 Å². The maximum Gasteiger partial charge on any atom is 0.314 e. The van der Waals surface area contributed by atoms with E-state index in [1.165, 1.54) is 6.92 Å². The zero-order valence-electron chi connectivity index (χ0n) is 8.66. The second kappa shape index (κ2) is 7.43. The minimum Gasteiger partial charge on any atom is -0.446 e. The molecule has 1 atom stereocenters. The van der Waals surface area contributed by atoms with Crippen molar-refractivity contribution in [2.75, 3.05) is 6.61 Å². The molecule has 0 radical (unpaired) electrons. The summed E-state index contributed by atoms with van der Waals surface area (Å²) in [5.74, 6) is -0.888. The number of Topliss-reactive ketones (excluding diaryl/α,β-unsaturated/α-hetero) is 1. The minimum atomic E-state index is -0.778. The van der Waals surface area contributed by atoms with E-state index in [9.17, 15) is 9.59 Å². The summed E-state index contributed by atoms with van der Waals surface area (Å²) in [5, 5.41) is 8.65. The summed E-state index contributed by atoms with van der Waals surface area (Å²) in [6.45, 7) is 4.77. The molecule has 0 saturated carbocycles. The fourth-order valence-corrected chi connectivity index (χ4v) is 1.05. The van der Waals surface area contributed by atoms with Crippen LogP contribution in [-0.2, 0) is 14.3 Å². The van der Waals surface area contributed by atoms with E-state index in [1.54, 1.807) is 0 Å². The van der Waals surface area contributed by atoms with Crippen molar-refractivity contribution in [3.05, 3.63) is 12.2 Å². The summed E-state index contributed by atoms with van der Waals surface area (Å²) in [6.07, 6.45) is 0.604. The Morgan fingerprint density at radius 2 is 2.13 bits per heavy atom. The SMILES string of the molecule is C=C(CO)CCC(Cl)OC(=O)CC(C)=O. The third kappa shape index (κ3) is 8.15. The third-order valence-corrected chi connectivity index (χ3v) is 1.91. The van der Waals surface area contributed by atoms with Gasteiger partial charge in [0.1, 0.15) is 12.2 Å². The topological polar surface area (TPSA) is 63.6 Å². The quantitative estimate of drug-likeness (QED) is 0.313. The standard InChI is InChI=1S/C10H15ClO4/c1-7(6-12)3-4-9(11)15-10(14)5-8(2)13/h9,12H,1,3-6H2,2H3. The van der Waals surface area contributed by atoms with Crippen molar-refractivity contribution < 1.29 is 19.4 Å². The normalized spacial score (nSPS) is 11.9. The van der Waals surface area contributed by atoms with Crippen LogP contribution in [0.4, 0.5) is 0 Å². The molecule has 0 fully saturated rings. The van der Waals surface area contributed by atoms with Gasteiger partial charge in [-0.3, -0.25) is 9.59 Å². The molecule has 0 saturated heterocycles. The number of alkyl halides is 1. The third-order valence-electron chi connectivity index (χ3n) is 1.60. The number of hydrogen-bond donors (Lipinski definition) is 1. The Morgan fingerprint density at radius 3 is 2.60 bits per heavy atom.